The third-order valence-corrected chi connectivity index (χ3v) is 3.15. The Bertz CT molecular complexity index is 816. The van der Waals surface area contributed by atoms with Crippen molar-refractivity contribution in [1.82, 2.24) is 14.4 Å². The number of carbonyl (C=O) groups is 1. The molecule has 0 fully saturated rings. The number of benzene rings is 1. The van der Waals surface area contributed by atoms with Gasteiger partial charge in [0.2, 0.25) is 5.78 Å². The largest absolute Gasteiger partial charge is 0.453 e. The lowest BCUT2D eigenvalue weighted by Gasteiger charge is -2.09. The Morgan fingerprint density at radius 3 is 3.09 bits per heavy atom. The fourth-order valence-electron chi connectivity index (χ4n) is 2.05. The summed E-state index contributed by atoms with van der Waals surface area (Å²) in [6.07, 6.45) is 4.65. The third kappa shape index (κ3) is 3.37. The smallest absolute Gasteiger partial charge is 0.411 e. The number of hydrogen-bond acceptors (Lipinski definition) is 5. The number of aromatic nitrogens is 3. The van der Waals surface area contributed by atoms with E-state index in [9.17, 15) is 9.18 Å². The molecule has 0 aliphatic rings. The summed E-state index contributed by atoms with van der Waals surface area (Å²) in [5.41, 5.74) is 1.47. The Kier molecular flexibility index (Phi) is 4.05. The minimum atomic E-state index is -0.729. The zero-order valence-electron chi connectivity index (χ0n) is 12.3. The number of nitrogens with zero attached hydrogens (tertiary/aromatic N) is 3. The normalized spacial score (nSPS) is 10.5. The minimum Gasteiger partial charge on any atom is -0.453 e. The second-order valence-corrected chi connectivity index (χ2v) is 4.72. The number of rotatable bonds is 4. The lowest BCUT2D eigenvalue weighted by molar-refractivity contribution is 0.187. The molecule has 0 spiro atoms. The van der Waals surface area contributed by atoms with E-state index in [1.54, 1.807) is 12.3 Å². The zero-order valence-corrected chi connectivity index (χ0v) is 12.3. The Morgan fingerprint density at radius 1 is 1.43 bits per heavy atom. The molecule has 0 atom stereocenters. The van der Waals surface area contributed by atoms with E-state index in [1.165, 1.54) is 19.2 Å². The van der Waals surface area contributed by atoms with E-state index in [0.29, 0.717) is 18.0 Å². The van der Waals surface area contributed by atoms with E-state index >= 15 is 0 Å². The van der Waals surface area contributed by atoms with Gasteiger partial charge in [-0.3, -0.25) is 9.72 Å². The standard InChI is InChI=1S/C15H14FN5O2/c1-23-15(22)20-13-7-10(3-4-12(13)16)18-8-11-9-21-6-2-5-17-14(21)19-11/h2-7,9,18H,8H2,1H3,(H,20,22). The van der Waals surface area contributed by atoms with Crippen LogP contribution in [0.2, 0.25) is 0 Å². The number of ether oxygens (including phenoxy) is 1. The van der Waals surface area contributed by atoms with Crippen molar-refractivity contribution in [2.24, 2.45) is 0 Å². The van der Waals surface area contributed by atoms with E-state index < -0.39 is 11.9 Å². The van der Waals surface area contributed by atoms with E-state index in [2.05, 4.69) is 25.3 Å². The van der Waals surface area contributed by atoms with Crippen LogP contribution in [-0.4, -0.2) is 27.6 Å². The molecule has 1 amide bonds. The Hall–Kier alpha value is -3.16. The predicted molar refractivity (Wildman–Crippen MR) is 82.7 cm³/mol. The van der Waals surface area contributed by atoms with Gasteiger partial charge in [0, 0.05) is 24.3 Å². The van der Waals surface area contributed by atoms with Gasteiger partial charge in [-0.25, -0.2) is 19.2 Å². The molecule has 8 heteroatoms. The molecule has 23 heavy (non-hydrogen) atoms. The molecule has 0 unspecified atom stereocenters. The summed E-state index contributed by atoms with van der Waals surface area (Å²) >= 11 is 0. The summed E-state index contributed by atoms with van der Waals surface area (Å²) in [6, 6.07) is 6.14. The van der Waals surface area contributed by atoms with Crippen LogP contribution in [0.15, 0.2) is 42.9 Å². The second kappa shape index (κ2) is 6.30. The molecule has 3 rings (SSSR count). The molecule has 2 aromatic heterocycles. The van der Waals surface area contributed by atoms with Crippen LogP contribution in [0.5, 0.6) is 0 Å². The molecule has 0 saturated carbocycles. The maximum atomic E-state index is 13.6. The molecule has 0 bridgehead atoms. The van der Waals surface area contributed by atoms with E-state index in [-0.39, 0.29) is 5.69 Å². The zero-order chi connectivity index (χ0) is 16.2. The number of methoxy groups -OCH3 is 1. The fourth-order valence-corrected chi connectivity index (χ4v) is 2.05. The number of nitrogens with one attached hydrogen (secondary N) is 2. The van der Waals surface area contributed by atoms with Gasteiger partial charge >= 0.3 is 6.09 Å². The molecule has 118 valence electrons. The molecule has 7 nitrogen and oxygen atoms in total. The van der Waals surface area contributed by atoms with Crippen molar-refractivity contribution in [3.63, 3.8) is 0 Å². The van der Waals surface area contributed by atoms with Crippen LogP contribution in [0.3, 0.4) is 0 Å². The second-order valence-electron chi connectivity index (χ2n) is 4.72. The number of anilines is 2. The van der Waals surface area contributed by atoms with Gasteiger partial charge in [0.25, 0.3) is 0 Å². The van der Waals surface area contributed by atoms with Crippen molar-refractivity contribution >= 4 is 23.2 Å². The lowest BCUT2D eigenvalue weighted by Crippen LogP contribution is -2.12. The van der Waals surface area contributed by atoms with Gasteiger partial charge in [-0.05, 0) is 24.3 Å². The van der Waals surface area contributed by atoms with E-state index in [1.807, 2.05) is 22.9 Å². The van der Waals surface area contributed by atoms with Crippen molar-refractivity contribution in [3.05, 3.63) is 54.4 Å². The van der Waals surface area contributed by atoms with Crippen molar-refractivity contribution in [2.75, 3.05) is 17.7 Å². The lowest BCUT2D eigenvalue weighted by atomic mass is 10.2. The Morgan fingerprint density at radius 2 is 2.30 bits per heavy atom. The number of fused-ring (bicyclic) bond motifs is 1. The molecule has 3 aromatic rings. The fraction of sp³-hybridized carbons (Fsp3) is 0.133. The first-order chi connectivity index (χ1) is 11.2. The molecule has 0 aliphatic carbocycles. The van der Waals surface area contributed by atoms with Crippen LogP contribution >= 0.6 is 0 Å². The van der Waals surface area contributed by atoms with E-state index in [0.717, 1.165) is 5.69 Å². The van der Waals surface area contributed by atoms with Crippen LogP contribution in [0.1, 0.15) is 5.69 Å². The van der Waals surface area contributed by atoms with Gasteiger partial charge in [0.15, 0.2) is 0 Å². The number of hydrogen-bond donors (Lipinski definition) is 2. The van der Waals surface area contributed by atoms with Crippen LogP contribution < -0.4 is 10.6 Å². The summed E-state index contributed by atoms with van der Waals surface area (Å²) < 4.78 is 19.9. The minimum absolute atomic E-state index is 0.0403. The molecule has 0 radical (unpaired) electrons. The number of imidazole rings is 1. The molecule has 0 aliphatic heterocycles. The maximum Gasteiger partial charge on any atom is 0.411 e. The predicted octanol–water partition coefficient (Wildman–Crippen LogP) is 2.66. The highest BCUT2D eigenvalue weighted by Gasteiger charge is 2.08. The van der Waals surface area contributed by atoms with Crippen LogP contribution in [0.25, 0.3) is 5.78 Å². The summed E-state index contributed by atoms with van der Waals surface area (Å²) in [7, 11) is 1.22. The molecule has 2 N–H and O–H groups in total. The summed E-state index contributed by atoms with van der Waals surface area (Å²) in [5, 5.41) is 5.43. The summed E-state index contributed by atoms with van der Waals surface area (Å²) in [4.78, 5) is 19.7. The Labute approximate surface area is 131 Å². The number of amides is 1. The maximum absolute atomic E-state index is 13.6. The van der Waals surface area contributed by atoms with Gasteiger partial charge in [-0.2, -0.15) is 0 Å². The SMILES string of the molecule is COC(=O)Nc1cc(NCc2cn3cccnc3n2)ccc1F. The average molecular weight is 315 g/mol. The molecular formula is C15H14FN5O2. The van der Waals surface area contributed by atoms with Crippen LogP contribution in [0.4, 0.5) is 20.6 Å². The topological polar surface area (TPSA) is 80.5 Å². The van der Waals surface area contributed by atoms with Crippen molar-refractivity contribution in [2.45, 2.75) is 6.54 Å². The van der Waals surface area contributed by atoms with Crippen molar-refractivity contribution in [1.29, 1.82) is 0 Å². The average Bonchev–Trinajstić information content (AvgIpc) is 2.98. The molecule has 2 heterocycles. The Balaban J connectivity index is 1.72. The van der Waals surface area contributed by atoms with Crippen LogP contribution in [0, 0.1) is 5.82 Å². The quantitative estimate of drug-likeness (QED) is 0.773. The monoisotopic (exact) mass is 315 g/mol. The summed E-state index contributed by atoms with van der Waals surface area (Å²) in [6.45, 7) is 0.437. The molecular weight excluding hydrogens is 301 g/mol. The van der Waals surface area contributed by atoms with Gasteiger partial charge in [0.05, 0.1) is 25.0 Å². The van der Waals surface area contributed by atoms with Gasteiger partial charge in [-0.1, -0.05) is 0 Å². The van der Waals surface area contributed by atoms with Crippen molar-refractivity contribution in [3.8, 4) is 0 Å². The summed E-state index contributed by atoms with van der Waals surface area (Å²) in [5.74, 6) is 0.0642. The number of carbonyl (C=O) groups excluding carboxylic acids is 1. The van der Waals surface area contributed by atoms with Gasteiger partial charge in [-0.15, -0.1) is 0 Å². The van der Waals surface area contributed by atoms with Gasteiger partial charge in [0.1, 0.15) is 5.82 Å². The highest BCUT2D eigenvalue weighted by Crippen LogP contribution is 2.20. The number of halogens is 1. The molecule has 0 saturated heterocycles. The van der Waals surface area contributed by atoms with Crippen LogP contribution in [-0.2, 0) is 11.3 Å². The van der Waals surface area contributed by atoms with Gasteiger partial charge < -0.3 is 10.1 Å². The first-order valence-corrected chi connectivity index (χ1v) is 6.82. The highest BCUT2D eigenvalue weighted by molar-refractivity contribution is 5.85. The highest BCUT2D eigenvalue weighted by atomic mass is 19.1. The van der Waals surface area contributed by atoms with E-state index in [4.69, 9.17) is 0 Å². The molecule has 1 aromatic carbocycles. The third-order valence-electron chi connectivity index (χ3n) is 3.15. The first-order valence-electron chi connectivity index (χ1n) is 6.82. The van der Waals surface area contributed by atoms with Crippen molar-refractivity contribution < 1.29 is 13.9 Å². The first kappa shape index (κ1) is 14.8.